The van der Waals surface area contributed by atoms with E-state index >= 15 is 0 Å². The van der Waals surface area contributed by atoms with Crippen molar-refractivity contribution in [2.45, 2.75) is 31.0 Å². The summed E-state index contributed by atoms with van der Waals surface area (Å²) in [6.45, 7) is 1.42. The molecular weight excluding hydrogens is 609 g/mol. The molecule has 0 spiro atoms. The van der Waals surface area contributed by atoms with Gasteiger partial charge in [-0.1, -0.05) is 89.4 Å². The summed E-state index contributed by atoms with van der Waals surface area (Å²) in [5.74, 6) is -0.567. The Morgan fingerprint density at radius 3 is 2.33 bits per heavy atom. The number of ether oxygens (including phenoxy) is 1. The Morgan fingerprint density at radius 1 is 0.907 bits per heavy atom. The number of hydrogen-bond acceptors (Lipinski definition) is 5. The van der Waals surface area contributed by atoms with Gasteiger partial charge in [-0.25, -0.2) is 8.42 Å². The van der Waals surface area contributed by atoms with E-state index < -0.39 is 34.5 Å². The van der Waals surface area contributed by atoms with Crippen LogP contribution < -0.4 is 15.0 Å². The smallest absolute Gasteiger partial charge is 0.263 e. The summed E-state index contributed by atoms with van der Waals surface area (Å²) in [5, 5.41) is 3.46. The average molecular weight is 639 g/mol. The Morgan fingerprint density at radius 2 is 1.60 bits per heavy atom. The molecule has 4 aromatic rings. The molecule has 2 amide bonds. The first kappa shape index (κ1) is 30.6. The minimum Gasteiger partial charge on any atom is -0.477 e. The monoisotopic (exact) mass is 637 g/mol. The maximum absolute atomic E-state index is 13.9. The van der Waals surface area contributed by atoms with E-state index in [0.717, 1.165) is 15.4 Å². The zero-order valence-corrected chi connectivity index (χ0v) is 25.6. The lowest BCUT2D eigenvalue weighted by Crippen LogP contribution is -2.52. The molecule has 1 heterocycles. The minimum absolute atomic E-state index is 0.0477. The number of aryl methyl sites for hydroxylation is 1. The van der Waals surface area contributed by atoms with E-state index in [1.54, 1.807) is 54.6 Å². The molecule has 0 fully saturated rings. The second-order valence-electron chi connectivity index (χ2n) is 10.1. The van der Waals surface area contributed by atoms with Gasteiger partial charge in [-0.3, -0.25) is 9.59 Å². The molecule has 4 aromatic carbocycles. The van der Waals surface area contributed by atoms with Crippen molar-refractivity contribution in [1.29, 1.82) is 0 Å². The van der Waals surface area contributed by atoms with E-state index in [2.05, 4.69) is 5.32 Å². The van der Waals surface area contributed by atoms with Gasteiger partial charge in [-0.05, 0) is 54.4 Å². The molecule has 0 unspecified atom stereocenters. The topological polar surface area (TPSA) is 96.0 Å². The molecule has 1 aliphatic heterocycles. The lowest BCUT2D eigenvalue weighted by Gasteiger charge is -2.35. The summed E-state index contributed by atoms with van der Waals surface area (Å²) in [6.07, 6.45) is -1.00. The normalized spacial score (nSPS) is 14.6. The van der Waals surface area contributed by atoms with Crippen LogP contribution in [0.25, 0.3) is 0 Å². The van der Waals surface area contributed by atoms with Gasteiger partial charge < -0.3 is 15.0 Å². The van der Waals surface area contributed by atoms with E-state index in [-0.39, 0.29) is 23.0 Å². The Bertz CT molecular complexity index is 1730. The summed E-state index contributed by atoms with van der Waals surface area (Å²) in [5.41, 5.74) is 2.81. The number of carbonyl (C=O) groups is 2. The van der Waals surface area contributed by atoms with E-state index in [0.29, 0.717) is 28.6 Å². The van der Waals surface area contributed by atoms with E-state index in [9.17, 15) is 18.0 Å². The summed E-state index contributed by atoms with van der Waals surface area (Å²) >= 11 is 12.3. The predicted molar refractivity (Wildman–Crippen MR) is 167 cm³/mol. The number of hydrogen-bond donors (Lipinski definition) is 1. The lowest BCUT2D eigenvalue weighted by molar-refractivity contribution is -0.128. The van der Waals surface area contributed by atoms with Gasteiger partial charge in [0.15, 0.2) is 6.10 Å². The molecule has 11 heteroatoms. The van der Waals surface area contributed by atoms with Crippen LogP contribution in [-0.4, -0.2) is 43.7 Å². The molecule has 0 saturated carbocycles. The Hall–Kier alpha value is -3.89. The van der Waals surface area contributed by atoms with Crippen molar-refractivity contribution in [3.8, 4) is 5.75 Å². The molecule has 0 radical (unpaired) electrons. The van der Waals surface area contributed by atoms with Gasteiger partial charge in [0.2, 0.25) is 15.9 Å². The standard InChI is InChI=1S/C32H29Cl2N3O5S/c1-22-11-14-25(15-12-22)43(40,41)36(19-24-13-16-26(33)27(34)17-24)21-31(38)37-20-30(42-29-10-6-5-9-28(29)37)32(39)35-18-23-7-3-2-4-8-23/h2-17,30H,18-21H2,1H3,(H,35,39)/t30-/m1/s1. The van der Waals surface area contributed by atoms with Crippen molar-refractivity contribution in [3.63, 3.8) is 0 Å². The molecule has 8 nitrogen and oxygen atoms in total. The molecule has 1 aliphatic rings. The van der Waals surface area contributed by atoms with Gasteiger partial charge in [-0.2, -0.15) is 4.31 Å². The number of sulfonamides is 1. The number of nitrogens with zero attached hydrogens (tertiary/aromatic N) is 2. The molecule has 0 aliphatic carbocycles. The third-order valence-corrected chi connectivity index (χ3v) is 9.53. The van der Waals surface area contributed by atoms with Crippen molar-refractivity contribution in [1.82, 2.24) is 9.62 Å². The molecule has 5 rings (SSSR count). The first-order valence-corrected chi connectivity index (χ1v) is 15.7. The number of nitrogens with one attached hydrogen (secondary N) is 1. The second-order valence-corrected chi connectivity index (χ2v) is 12.9. The van der Waals surface area contributed by atoms with Gasteiger partial charge in [0, 0.05) is 13.1 Å². The Kier molecular flexibility index (Phi) is 9.37. The fraction of sp³-hybridized carbons (Fsp3) is 0.188. The summed E-state index contributed by atoms with van der Waals surface area (Å²) < 4.78 is 34.8. The number of para-hydroxylation sites is 2. The van der Waals surface area contributed by atoms with Crippen molar-refractivity contribution in [2.24, 2.45) is 0 Å². The molecule has 222 valence electrons. The second kappa shape index (κ2) is 13.2. The van der Waals surface area contributed by atoms with Crippen LogP contribution in [0.15, 0.2) is 102 Å². The molecular formula is C32H29Cl2N3O5S. The average Bonchev–Trinajstić information content (AvgIpc) is 3.01. The maximum Gasteiger partial charge on any atom is 0.263 e. The van der Waals surface area contributed by atoms with Crippen LogP contribution in [0.1, 0.15) is 16.7 Å². The largest absolute Gasteiger partial charge is 0.477 e. The lowest BCUT2D eigenvalue weighted by atomic mass is 10.1. The third kappa shape index (κ3) is 7.19. The van der Waals surface area contributed by atoms with Crippen LogP contribution in [-0.2, 0) is 32.7 Å². The Balaban J connectivity index is 1.42. The highest BCUT2D eigenvalue weighted by molar-refractivity contribution is 7.89. The Labute approximate surface area is 260 Å². The molecule has 1 N–H and O–H groups in total. The number of carbonyl (C=O) groups excluding carboxylic acids is 2. The van der Waals surface area contributed by atoms with E-state index in [1.165, 1.54) is 17.0 Å². The molecule has 0 aromatic heterocycles. The fourth-order valence-corrected chi connectivity index (χ4v) is 6.37. The van der Waals surface area contributed by atoms with Crippen molar-refractivity contribution in [3.05, 3.63) is 124 Å². The molecule has 0 bridgehead atoms. The van der Waals surface area contributed by atoms with Gasteiger partial charge in [0.1, 0.15) is 5.75 Å². The number of rotatable bonds is 9. The first-order chi connectivity index (χ1) is 20.6. The number of halogens is 2. The number of benzene rings is 4. The maximum atomic E-state index is 13.9. The summed E-state index contributed by atoms with van der Waals surface area (Å²) in [6, 6.07) is 27.5. The zero-order chi connectivity index (χ0) is 30.6. The van der Waals surface area contributed by atoms with Crippen molar-refractivity contribution >= 4 is 50.7 Å². The SMILES string of the molecule is Cc1ccc(S(=O)(=O)N(CC(=O)N2C[C@H](C(=O)NCc3ccccc3)Oc3ccccc32)Cc2ccc(Cl)c(Cl)c2)cc1. The van der Waals surface area contributed by atoms with Gasteiger partial charge in [-0.15, -0.1) is 0 Å². The summed E-state index contributed by atoms with van der Waals surface area (Å²) in [4.78, 5) is 28.5. The highest BCUT2D eigenvalue weighted by Crippen LogP contribution is 2.34. The minimum atomic E-state index is -4.12. The van der Waals surface area contributed by atoms with Crippen LogP contribution in [0.4, 0.5) is 5.69 Å². The highest BCUT2D eigenvalue weighted by atomic mass is 35.5. The van der Waals surface area contributed by atoms with Crippen LogP contribution in [0.3, 0.4) is 0 Å². The van der Waals surface area contributed by atoms with Crippen LogP contribution >= 0.6 is 23.2 Å². The van der Waals surface area contributed by atoms with Crippen LogP contribution in [0, 0.1) is 6.92 Å². The van der Waals surface area contributed by atoms with Crippen LogP contribution in [0.5, 0.6) is 5.75 Å². The van der Waals surface area contributed by atoms with E-state index in [4.69, 9.17) is 27.9 Å². The number of fused-ring (bicyclic) bond motifs is 1. The van der Waals surface area contributed by atoms with Crippen molar-refractivity contribution < 1.29 is 22.7 Å². The molecule has 0 saturated heterocycles. The third-order valence-electron chi connectivity index (χ3n) is 6.99. The first-order valence-electron chi connectivity index (χ1n) is 13.5. The predicted octanol–water partition coefficient (Wildman–Crippen LogP) is 5.60. The fourth-order valence-electron chi connectivity index (χ4n) is 4.67. The molecule has 43 heavy (non-hydrogen) atoms. The van der Waals surface area contributed by atoms with E-state index in [1.807, 2.05) is 37.3 Å². The molecule has 1 atom stereocenters. The van der Waals surface area contributed by atoms with Gasteiger partial charge in [0.05, 0.1) is 33.7 Å². The summed E-state index contributed by atoms with van der Waals surface area (Å²) in [7, 11) is -4.12. The van der Waals surface area contributed by atoms with Crippen molar-refractivity contribution in [2.75, 3.05) is 18.0 Å². The highest BCUT2D eigenvalue weighted by Gasteiger charge is 2.36. The zero-order valence-electron chi connectivity index (χ0n) is 23.2. The number of amides is 2. The quantitative estimate of drug-likeness (QED) is 0.258. The van der Waals surface area contributed by atoms with Gasteiger partial charge >= 0.3 is 0 Å². The van der Waals surface area contributed by atoms with Crippen LogP contribution in [0.2, 0.25) is 10.0 Å². The number of anilines is 1. The van der Waals surface area contributed by atoms with Gasteiger partial charge in [0.25, 0.3) is 5.91 Å².